The van der Waals surface area contributed by atoms with Gasteiger partial charge >= 0.3 is 0 Å². The maximum atomic E-state index is 13.4. The van der Waals surface area contributed by atoms with E-state index in [0.717, 1.165) is 4.90 Å². The van der Waals surface area contributed by atoms with E-state index in [1.54, 1.807) is 97.1 Å². The van der Waals surface area contributed by atoms with Gasteiger partial charge in [-0.15, -0.1) is 11.8 Å². The van der Waals surface area contributed by atoms with Crippen molar-refractivity contribution in [3.8, 4) is 5.75 Å². The molecule has 5 rings (SSSR count). The molecule has 4 amide bonds. The van der Waals surface area contributed by atoms with Gasteiger partial charge in [0.25, 0.3) is 11.8 Å². The number of benzene rings is 4. The summed E-state index contributed by atoms with van der Waals surface area (Å²) in [5.74, 6) is -0.998. The number of nitrogens with one attached hydrogen (secondary N) is 2. The van der Waals surface area contributed by atoms with Gasteiger partial charge in [0.05, 0.1) is 17.5 Å². The Balaban J connectivity index is 1.28. The SMILES string of the molecule is CCOc1ccc(N2C(=O)CC(Sc3ccc(NC(=O)/C(=C/c4c(Cl)cccc4Cl)NC(=O)c4ccccc4)cc3)C2=O)cc1. The third-order valence-corrected chi connectivity index (χ3v) is 8.58. The zero-order valence-corrected chi connectivity index (χ0v) is 26.3. The first kappa shape index (κ1) is 31.8. The van der Waals surface area contributed by atoms with Gasteiger partial charge in [-0.05, 0) is 85.8 Å². The van der Waals surface area contributed by atoms with Crippen LogP contribution in [0.15, 0.2) is 108 Å². The van der Waals surface area contributed by atoms with Crippen molar-refractivity contribution >= 4 is 76.0 Å². The number of ether oxygens (including phenoxy) is 1. The minimum Gasteiger partial charge on any atom is -0.494 e. The number of carbonyl (C=O) groups excluding carboxylic acids is 4. The summed E-state index contributed by atoms with van der Waals surface area (Å²) in [6.07, 6.45) is 1.49. The molecule has 0 saturated carbocycles. The van der Waals surface area contributed by atoms with Crippen molar-refractivity contribution in [1.29, 1.82) is 0 Å². The number of carbonyl (C=O) groups is 4. The van der Waals surface area contributed by atoms with E-state index in [-0.39, 0.29) is 23.9 Å². The zero-order valence-electron chi connectivity index (χ0n) is 24.0. The third-order valence-electron chi connectivity index (χ3n) is 6.72. The fourth-order valence-corrected chi connectivity index (χ4v) is 6.10. The minimum absolute atomic E-state index is 0.0646. The van der Waals surface area contributed by atoms with Gasteiger partial charge in [0.1, 0.15) is 11.4 Å². The predicted octanol–water partition coefficient (Wildman–Crippen LogP) is 7.23. The van der Waals surface area contributed by atoms with Crippen molar-refractivity contribution in [1.82, 2.24) is 5.32 Å². The van der Waals surface area contributed by atoms with E-state index in [0.29, 0.717) is 44.9 Å². The first-order valence-electron chi connectivity index (χ1n) is 13.9. The Morgan fingerprint density at radius 3 is 2.22 bits per heavy atom. The Morgan fingerprint density at radius 1 is 0.911 bits per heavy atom. The van der Waals surface area contributed by atoms with Crippen molar-refractivity contribution < 1.29 is 23.9 Å². The second-order valence-electron chi connectivity index (χ2n) is 9.80. The number of rotatable bonds is 10. The Labute approximate surface area is 274 Å². The molecule has 4 aromatic rings. The van der Waals surface area contributed by atoms with Gasteiger partial charge in [-0.1, -0.05) is 47.5 Å². The molecule has 8 nitrogen and oxygen atoms in total. The zero-order chi connectivity index (χ0) is 31.9. The van der Waals surface area contributed by atoms with Crippen LogP contribution in [0.4, 0.5) is 11.4 Å². The first-order valence-corrected chi connectivity index (χ1v) is 15.6. The lowest BCUT2D eigenvalue weighted by Gasteiger charge is -2.15. The summed E-state index contributed by atoms with van der Waals surface area (Å²) in [6, 6.07) is 27.1. The van der Waals surface area contributed by atoms with Crippen LogP contribution in [0.3, 0.4) is 0 Å². The maximum Gasteiger partial charge on any atom is 0.272 e. The molecule has 45 heavy (non-hydrogen) atoms. The fraction of sp³-hybridized carbons (Fsp3) is 0.118. The average Bonchev–Trinajstić information content (AvgIpc) is 3.32. The Kier molecular flexibility index (Phi) is 10.2. The smallest absolute Gasteiger partial charge is 0.272 e. The molecule has 0 radical (unpaired) electrons. The summed E-state index contributed by atoms with van der Waals surface area (Å²) in [6.45, 7) is 2.39. The number of imide groups is 1. The molecule has 1 aliphatic heterocycles. The second-order valence-corrected chi connectivity index (χ2v) is 11.9. The lowest BCUT2D eigenvalue weighted by atomic mass is 10.1. The average molecular weight is 661 g/mol. The van der Waals surface area contributed by atoms with E-state index < -0.39 is 17.1 Å². The van der Waals surface area contributed by atoms with E-state index in [2.05, 4.69) is 10.6 Å². The van der Waals surface area contributed by atoms with Crippen LogP contribution >= 0.6 is 35.0 Å². The molecule has 0 bridgehead atoms. The summed E-state index contributed by atoms with van der Waals surface area (Å²) in [5.41, 5.74) is 1.61. The highest BCUT2D eigenvalue weighted by atomic mass is 35.5. The molecule has 1 heterocycles. The van der Waals surface area contributed by atoms with Gasteiger partial charge in [0.15, 0.2) is 0 Å². The number of nitrogens with zero attached hydrogens (tertiary/aromatic N) is 1. The van der Waals surface area contributed by atoms with Gasteiger partial charge in [0.2, 0.25) is 11.8 Å². The highest BCUT2D eigenvalue weighted by Gasteiger charge is 2.40. The van der Waals surface area contributed by atoms with Crippen molar-refractivity contribution in [3.05, 3.63) is 124 Å². The molecule has 1 fully saturated rings. The van der Waals surface area contributed by atoms with E-state index in [9.17, 15) is 19.2 Å². The molecule has 228 valence electrons. The van der Waals surface area contributed by atoms with Gasteiger partial charge < -0.3 is 15.4 Å². The summed E-state index contributed by atoms with van der Waals surface area (Å²) < 4.78 is 5.44. The molecule has 1 atom stereocenters. The molecular formula is C34H27Cl2N3O5S. The fourth-order valence-electron chi connectivity index (χ4n) is 4.54. The number of halogens is 2. The Morgan fingerprint density at radius 2 is 1.58 bits per heavy atom. The molecule has 0 aromatic heterocycles. The van der Waals surface area contributed by atoms with Gasteiger partial charge in [0, 0.05) is 38.2 Å². The standard InChI is InChI=1S/C34H27Cl2N3O5S/c1-2-44-24-15-13-23(14-16-24)39-31(40)20-30(34(39)43)45-25-17-11-22(12-18-25)37-33(42)29(19-26-27(35)9-6-10-28(26)36)38-32(41)21-7-4-3-5-8-21/h3-19,30H,2,20H2,1H3,(H,37,42)(H,38,41)/b29-19-. The number of thioether (sulfide) groups is 1. The maximum absolute atomic E-state index is 13.4. The quantitative estimate of drug-likeness (QED) is 0.138. The molecule has 0 spiro atoms. The summed E-state index contributed by atoms with van der Waals surface area (Å²) in [4.78, 5) is 54.1. The molecule has 4 aromatic carbocycles. The summed E-state index contributed by atoms with van der Waals surface area (Å²) >= 11 is 13.9. The number of hydrogen-bond acceptors (Lipinski definition) is 6. The van der Waals surface area contributed by atoms with Crippen molar-refractivity contribution in [2.45, 2.75) is 23.5 Å². The van der Waals surface area contributed by atoms with Crippen LogP contribution in [0.5, 0.6) is 5.75 Å². The van der Waals surface area contributed by atoms with E-state index in [1.165, 1.54) is 22.7 Å². The normalized spacial score (nSPS) is 14.8. The molecular weight excluding hydrogens is 633 g/mol. The van der Waals surface area contributed by atoms with E-state index in [1.807, 2.05) is 6.92 Å². The lowest BCUT2D eigenvalue weighted by molar-refractivity contribution is -0.121. The highest BCUT2D eigenvalue weighted by Crippen LogP contribution is 2.35. The van der Waals surface area contributed by atoms with E-state index >= 15 is 0 Å². The number of anilines is 2. The van der Waals surface area contributed by atoms with Crippen LogP contribution in [0.25, 0.3) is 6.08 Å². The van der Waals surface area contributed by atoms with Gasteiger partial charge in [-0.25, -0.2) is 4.90 Å². The monoisotopic (exact) mass is 659 g/mol. The van der Waals surface area contributed by atoms with Crippen LogP contribution in [0.1, 0.15) is 29.3 Å². The number of hydrogen-bond donors (Lipinski definition) is 2. The third kappa shape index (κ3) is 7.75. The van der Waals surface area contributed by atoms with Crippen LogP contribution in [0.2, 0.25) is 10.0 Å². The minimum atomic E-state index is -0.599. The molecule has 1 aliphatic rings. The van der Waals surface area contributed by atoms with Crippen molar-refractivity contribution in [2.24, 2.45) is 0 Å². The van der Waals surface area contributed by atoms with Crippen LogP contribution in [-0.2, 0) is 14.4 Å². The second kappa shape index (κ2) is 14.5. The largest absolute Gasteiger partial charge is 0.494 e. The number of amides is 4. The molecule has 1 unspecified atom stereocenters. The molecule has 1 saturated heterocycles. The molecule has 11 heteroatoms. The lowest BCUT2D eigenvalue weighted by Crippen LogP contribution is -2.31. The molecule has 2 N–H and O–H groups in total. The topological polar surface area (TPSA) is 105 Å². The van der Waals surface area contributed by atoms with Gasteiger partial charge in [-0.3, -0.25) is 19.2 Å². The highest BCUT2D eigenvalue weighted by molar-refractivity contribution is 8.00. The van der Waals surface area contributed by atoms with Crippen LogP contribution < -0.4 is 20.3 Å². The molecule has 0 aliphatic carbocycles. The first-order chi connectivity index (χ1) is 21.7. The van der Waals surface area contributed by atoms with Gasteiger partial charge in [-0.2, -0.15) is 0 Å². The van der Waals surface area contributed by atoms with Crippen LogP contribution in [0, 0.1) is 0 Å². The van der Waals surface area contributed by atoms with Crippen molar-refractivity contribution in [2.75, 3.05) is 16.8 Å². The summed E-state index contributed by atoms with van der Waals surface area (Å²) in [7, 11) is 0. The van der Waals surface area contributed by atoms with Crippen LogP contribution in [-0.4, -0.2) is 35.5 Å². The predicted molar refractivity (Wildman–Crippen MR) is 178 cm³/mol. The Bertz CT molecular complexity index is 1740. The Hall–Kier alpha value is -4.57. The van der Waals surface area contributed by atoms with Crippen molar-refractivity contribution in [3.63, 3.8) is 0 Å². The van der Waals surface area contributed by atoms with E-state index in [4.69, 9.17) is 27.9 Å². The summed E-state index contributed by atoms with van der Waals surface area (Å²) in [5, 5.41) is 5.47.